The lowest BCUT2D eigenvalue weighted by molar-refractivity contribution is -0.931. The van der Waals surface area contributed by atoms with E-state index >= 15 is 0 Å². The maximum absolute atomic E-state index is 13.0. The molecule has 5 heteroatoms. The van der Waals surface area contributed by atoms with E-state index in [0.717, 1.165) is 60.1 Å². The average molecular weight is 572 g/mol. The van der Waals surface area contributed by atoms with Gasteiger partial charge >= 0.3 is 5.97 Å². The Labute approximate surface area is 251 Å². The molecule has 1 amide bonds. The van der Waals surface area contributed by atoms with Gasteiger partial charge in [-0.15, -0.1) is 0 Å². The van der Waals surface area contributed by atoms with Gasteiger partial charge < -0.3 is 10.1 Å². The van der Waals surface area contributed by atoms with Gasteiger partial charge in [0.05, 0.1) is 31.6 Å². The first-order valence-electron chi connectivity index (χ1n) is 17.7. The summed E-state index contributed by atoms with van der Waals surface area (Å²) >= 11 is 0. The molecule has 0 radical (unpaired) electrons. The zero-order valence-corrected chi connectivity index (χ0v) is 27.6. The summed E-state index contributed by atoms with van der Waals surface area (Å²) in [5.74, 6) is 5.29. The molecule has 8 atom stereocenters. The van der Waals surface area contributed by atoms with E-state index in [-0.39, 0.29) is 11.9 Å². The van der Waals surface area contributed by atoms with Crippen molar-refractivity contribution in [3.63, 3.8) is 0 Å². The predicted octanol–water partition coefficient (Wildman–Crippen LogP) is 7.73. The van der Waals surface area contributed by atoms with Crippen molar-refractivity contribution < 1.29 is 18.8 Å². The van der Waals surface area contributed by atoms with Crippen LogP contribution in [-0.2, 0) is 14.3 Å². The second-order valence-electron chi connectivity index (χ2n) is 17.0. The number of fused-ring (bicyclic) bond motifs is 5. The Bertz CT molecular complexity index is 936. The normalized spacial score (nSPS) is 38.8. The minimum Gasteiger partial charge on any atom is -0.415 e. The van der Waals surface area contributed by atoms with Gasteiger partial charge in [-0.2, -0.15) is 0 Å². The summed E-state index contributed by atoms with van der Waals surface area (Å²) in [7, 11) is 0. The van der Waals surface area contributed by atoms with Gasteiger partial charge in [0, 0.05) is 19.3 Å². The summed E-state index contributed by atoms with van der Waals surface area (Å²) in [6.07, 6.45) is 18.6. The van der Waals surface area contributed by atoms with Gasteiger partial charge in [0.1, 0.15) is 0 Å². The Balaban J connectivity index is 1.09. The van der Waals surface area contributed by atoms with Crippen molar-refractivity contribution in [2.75, 3.05) is 32.9 Å². The van der Waals surface area contributed by atoms with Gasteiger partial charge in [0.2, 0.25) is 12.6 Å². The highest BCUT2D eigenvalue weighted by molar-refractivity contribution is 5.76. The van der Waals surface area contributed by atoms with Gasteiger partial charge in [-0.1, -0.05) is 33.6 Å². The fourth-order valence-corrected chi connectivity index (χ4v) is 11.2. The minimum atomic E-state index is -0.475. The van der Waals surface area contributed by atoms with Crippen molar-refractivity contribution in [2.24, 2.45) is 51.8 Å². The summed E-state index contributed by atoms with van der Waals surface area (Å²) in [6.45, 7) is 17.5. The number of carbonyl (C=O) groups excluding carboxylic acids is 2. The number of amides is 1. The van der Waals surface area contributed by atoms with Crippen molar-refractivity contribution in [2.45, 2.75) is 131 Å². The smallest absolute Gasteiger partial charge is 0.315 e. The first-order chi connectivity index (χ1) is 19.4. The van der Waals surface area contributed by atoms with Crippen LogP contribution in [0, 0.1) is 51.8 Å². The topological polar surface area (TPSA) is 55.4 Å². The molecule has 0 aromatic rings. The van der Waals surface area contributed by atoms with E-state index < -0.39 is 5.41 Å². The van der Waals surface area contributed by atoms with Gasteiger partial charge in [-0.25, -0.2) is 0 Å². The predicted molar refractivity (Wildman–Crippen MR) is 166 cm³/mol. The zero-order chi connectivity index (χ0) is 29.5. The van der Waals surface area contributed by atoms with Crippen molar-refractivity contribution in [1.29, 1.82) is 0 Å². The molecule has 5 fully saturated rings. The Morgan fingerprint density at radius 2 is 1.63 bits per heavy atom. The van der Waals surface area contributed by atoms with Crippen LogP contribution >= 0.6 is 0 Å². The van der Waals surface area contributed by atoms with E-state index in [1.54, 1.807) is 0 Å². The molecule has 1 N–H and O–H groups in total. The lowest BCUT2D eigenvalue weighted by Crippen LogP contribution is -2.53. The molecule has 4 saturated carbocycles. The van der Waals surface area contributed by atoms with Crippen molar-refractivity contribution in [1.82, 2.24) is 5.32 Å². The fourth-order valence-electron chi connectivity index (χ4n) is 11.2. The molecule has 5 aliphatic rings. The van der Waals surface area contributed by atoms with Crippen LogP contribution < -0.4 is 5.32 Å². The lowest BCUT2D eigenvalue weighted by atomic mass is 9.44. The third kappa shape index (κ3) is 6.27. The number of hydrogen-bond acceptors (Lipinski definition) is 3. The van der Waals surface area contributed by atoms with E-state index in [1.165, 1.54) is 77.0 Å². The highest BCUT2D eigenvalue weighted by Crippen LogP contribution is 2.68. The third-order valence-corrected chi connectivity index (χ3v) is 13.7. The third-order valence-electron chi connectivity index (χ3n) is 13.7. The second-order valence-corrected chi connectivity index (χ2v) is 17.0. The molecular formula is C36H63N2O3+. The van der Waals surface area contributed by atoms with E-state index in [1.807, 2.05) is 20.8 Å². The first kappa shape index (κ1) is 31.3. The maximum Gasteiger partial charge on any atom is 0.315 e. The molecule has 234 valence electrons. The van der Waals surface area contributed by atoms with Gasteiger partial charge in [-0.05, 0) is 125 Å². The SMILES string of the molecule is CC(CCC(=O)NCC[N+]1(COC(=O)C(C)(C)C)CCCC1)[C@H]1CC[C@H]2[C@@H]3CCC4CCCC[C@]4(C)[C@H]3CC[C@]12C. The number of ether oxygens (including phenoxy) is 1. The molecule has 5 rings (SSSR count). The average Bonchev–Trinajstić information content (AvgIpc) is 3.54. The molecule has 0 spiro atoms. The molecule has 0 aromatic carbocycles. The molecule has 4 aliphatic carbocycles. The molecule has 1 saturated heterocycles. The Morgan fingerprint density at radius 1 is 0.902 bits per heavy atom. The van der Waals surface area contributed by atoms with Crippen LogP contribution in [-0.4, -0.2) is 49.3 Å². The summed E-state index contributed by atoms with van der Waals surface area (Å²) in [4.78, 5) is 25.3. The van der Waals surface area contributed by atoms with Crippen LogP contribution in [0.5, 0.6) is 0 Å². The standard InChI is InChI=1S/C36H62N2O3/c1-26(12-17-32(39)37-21-24-38(22-9-10-23-38)25-41-33(40)34(2,3)4)29-15-16-30-28-14-13-27-11-7-8-19-35(27,5)31(28)18-20-36(29,30)6/h26-31H,7-25H2,1-6H3/p+1/t26?,27?,28-,29+,30-,31-,35-,36+/m0/s1. The molecule has 1 heterocycles. The van der Waals surface area contributed by atoms with Gasteiger partial charge in [-0.3, -0.25) is 14.1 Å². The van der Waals surface area contributed by atoms with Crippen LogP contribution in [0.1, 0.15) is 131 Å². The number of nitrogens with one attached hydrogen (secondary N) is 1. The molecule has 2 unspecified atom stereocenters. The second kappa shape index (κ2) is 12.1. The van der Waals surface area contributed by atoms with E-state index in [4.69, 9.17) is 4.74 Å². The van der Waals surface area contributed by atoms with E-state index in [2.05, 4.69) is 26.1 Å². The van der Waals surface area contributed by atoms with Crippen LogP contribution in [0.3, 0.4) is 0 Å². The molecule has 5 nitrogen and oxygen atoms in total. The molecule has 41 heavy (non-hydrogen) atoms. The lowest BCUT2D eigenvalue weighted by Gasteiger charge is -2.61. The summed E-state index contributed by atoms with van der Waals surface area (Å²) in [6, 6.07) is 0. The number of quaternary nitrogens is 1. The highest BCUT2D eigenvalue weighted by Gasteiger charge is 2.60. The summed E-state index contributed by atoms with van der Waals surface area (Å²) < 4.78 is 6.52. The monoisotopic (exact) mass is 571 g/mol. The van der Waals surface area contributed by atoms with Crippen LogP contribution in [0.4, 0.5) is 0 Å². The van der Waals surface area contributed by atoms with Crippen molar-refractivity contribution in [3.05, 3.63) is 0 Å². The van der Waals surface area contributed by atoms with Crippen molar-refractivity contribution >= 4 is 11.9 Å². The number of rotatable bonds is 9. The quantitative estimate of drug-likeness (QED) is 0.228. The number of likely N-dealkylation sites (tertiary alicyclic amines) is 1. The number of carbonyl (C=O) groups is 2. The molecule has 0 aromatic heterocycles. The molecule has 0 bridgehead atoms. The summed E-state index contributed by atoms with van der Waals surface area (Å²) in [5, 5.41) is 3.24. The number of hydrogen-bond donors (Lipinski definition) is 1. The molecule has 1 aliphatic heterocycles. The van der Waals surface area contributed by atoms with Gasteiger partial charge in [0.25, 0.3) is 0 Å². The highest BCUT2D eigenvalue weighted by atomic mass is 16.5. The first-order valence-corrected chi connectivity index (χ1v) is 17.7. The van der Waals surface area contributed by atoms with Crippen LogP contribution in [0.15, 0.2) is 0 Å². The maximum atomic E-state index is 13.0. The Morgan fingerprint density at radius 3 is 2.37 bits per heavy atom. The van der Waals surface area contributed by atoms with Crippen molar-refractivity contribution in [3.8, 4) is 0 Å². The fraction of sp³-hybridized carbons (Fsp3) is 0.944. The van der Waals surface area contributed by atoms with Crippen LogP contribution in [0.25, 0.3) is 0 Å². The zero-order valence-electron chi connectivity index (χ0n) is 27.6. The Hall–Kier alpha value is -1.10. The number of nitrogens with zero attached hydrogens (tertiary/aromatic N) is 1. The Kier molecular flexibility index (Phi) is 9.26. The van der Waals surface area contributed by atoms with E-state index in [0.29, 0.717) is 36.4 Å². The summed E-state index contributed by atoms with van der Waals surface area (Å²) in [5.41, 5.74) is 0.622. The van der Waals surface area contributed by atoms with E-state index in [9.17, 15) is 9.59 Å². The minimum absolute atomic E-state index is 0.132. The number of esters is 1. The largest absolute Gasteiger partial charge is 0.415 e. The molecular weight excluding hydrogens is 508 g/mol. The van der Waals surface area contributed by atoms with Crippen LogP contribution in [0.2, 0.25) is 0 Å². The van der Waals surface area contributed by atoms with Gasteiger partial charge in [0.15, 0.2) is 0 Å².